The molecule has 0 spiro atoms. The molecule has 0 saturated heterocycles. The van der Waals surface area contributed by atoms with Crippen LogP contribution in [0.2, 0.25) is 0 Å². The molecule has 4 heteroatoms. The molecule has 3 rings (SSSR count). The van der Waals surface area contributed by atoms with Gasteiger partial charge < -0.3 is 9.47 Å². The number of ether oxygens (including phenoxy) is 2. The molecule has 4 nitrogen and oxygen atoms in total. The Morgan fingerprint density at radius 3 is 2.16 bits per heavy atom. The molecule has 0 aliphatic rings. The minimum atomic E-state index is -0.489. The van der Waals surface area contributed by atoms with E-state index in [1.165, 1.54) is 13.2 Å². The maximum absolute atomic E-state index is 12.3. The van der Waals surface area contributed by atoms with Crippen LogP contribution in [0, 0.1) is 0 Å². The van der Waals surface area contributed by atoms with Crippen molar-refractivity contribution in [1.82, 2.24) is 0 Å². The lowest BCUT2D eigenvalue weighted by molar-refractivity contribution is 0.0729. The Bertz CT molecular complexity index is 884. The molecule has 0 bridgehead atoms. The van der Waals surface area contributed by atoms with Gasteiger partial charge in [-0.25, -0.2) is 4.79 Å². The standard InChI is InChI=1S/C21H16O4/c1-24-20-13-15(14-22)7-12-19(20)25-21(23)18-10-8-17(9-11-18)16-5-3-2-4-6-16/h2-14H,1H3. The number of aldehydes is 1. The monoisotopic (exact) mass is 332 g/mol. The Morgan fingerprint density at radius 1 is 0.840 bits per heavy atom. The normalized spacial score (nSPS) is 10.1. The average Bonchev–Trinajstić information content (AvgIpc) is 2.69. The van der Waals surface area contributed by atoms with Crippen LogP contribution in [0.4, 0.5) is 0 Å². The van der Waals surface area contributed by atoms with E-state index in [9.17, 15) is 9.59 Å². The maximum Gasteiger partial charge on any atom is 0.343 e. The maximum atomic E-state index is 12.3. The zero-order valence-electron chi connectivity index (χ0n) is 13.6. The van der Waals surface area contributed by atoms with Gasteiger partial charge in [0.1, 0.15) is 6.29 Å². The summed E-state index contributed by atoms with van der Waals surface area (Å²) in [7, 11) is 1.45. The molecule has 3 aromatic rings. The SMILES string of the molecule is COc1cc(C=O)ccc1OC(=O)c1ccc(-c2ccccc2)cc1. The molecule has 0 N–H and O–H groups in total. The highest BCUT2D eigenvalue weighted by atomic mass is 16.6. The van der Waals surface area contributed by atoms with Crippen LogP contribution in [-0.4, -0.2) is 19.4 Å². The molecule has 0 fully saturated rings. The summed E-state index contributed by atoms with van der Waals surface area (Å²) in [5.74, 6) is 0.112. The Balaban J connectivity index is 1.79. The molecule has 0 heterocycles. The van der Waals surface area contributed by atoms with E-state index in [1.54, 1.807) is 24.3 Å². The summed E-state index contributed by atoms with van der Waals surface area (Å²) in [4.78, 5) is 23.2. The van der Waals surface area contributed by atoms with E-state index in [0.717, 1.165) is 11.1 Å². The Morgan fingerprint density at radius 2 is 1.52 bits per heavy atom. The molecule has 0 aromatic heterocycles. The number of esters is 1. The van der Waals surface area contributed by atoms with Crippen molar-refractivity contribution < 1.29 is 19.1 Å². The first-order valence-electron chi connectivity index (χ1n) is 7.72. The lowest BCUT2D eigenvalue weighted by Gasteiger charge is -2.10. The first-order chi connectivity index (χ1) is 12.2. The minimum absolute atomic E-state index is 0.269. The summed E-state index contributed by atoms with van der Waals surface area (Å²) in [6.07, 6.45) is 0.705. The van der Waals surface area contributed by atoms with Gasteiger partial charge in [0.2, 0.25) is 0 Å². The summed E-state index contributed by atoms with van der Waals surface area (Å²) in [6.45, 7) is 0. The zero-order chi connectivity index (χ0) is 17.6. The minimum Gasteiger partial charge on any atom is -0.493 e. The van der Waals surface area contributed by atoms with Crippen LogP contribution in [0.5, 0.6) is 11.5 Å². The summed E-state index contributed by atoms with van der Waals surface area (Å²) < 4.78 is 10.6. The van der Waals surface area contributed by atoms with Crippen molar-refractivity contribution in [3.63, 3.8) is 0 Å². The van der Waals surface area contributed by atoms with Crippen molar-refractivity contribution in [2.75, 3.05) is 7.11 Å². The topological polar surface area (TPSA) is 52.6 Å². The summed E-state index contributed by atoms with van der Waals surface area (Å²) in [5, 5.41) is 0. The number of carbonyl (C=O) groups is 2. The second-order valence-electron chi connectivity index (χ2n) is 5.36. The Labute approximate surface area is 145 Å². The van der Waals surface area contributed by atoms with E-state index in [4.69, 9.17) is 9.47 Å². The molecule has 0 unspecified atom stereocenters. The summed E-state index contributed by atoms with van der Waals surface area (Å²) in [6, 6.07) is 21.7. The lowest BCUT2D eigenvalue weighted by Crippen LogP contribution is -2.09. The highest BCUT2D eigenvalue weighted by Crippen LogP contribution is 2.28. The van der Waals surface area contributed by atoms with Gasteiger partial charge in [0.15, 0.2) is 11.5 Å². The van der Waals surface area contributed by atoms with Crippen LogP contribution in [0.1, 0.15) is 20.7 Å². The molecule has 3 aromatic carbocycles. The van der Waals surface area contributed by atoms with E-state index in [1.807, 2.05) is 42.5 Å². The number of hydrogen-bond donors (Lipinski definition) is 0. The second kappa shape index (κ2) is 7.45. The molecule has 0 amide bonds. The van der Waals surface area contributed by atoms with Crippen molar-refractivity contribution in [2.45, 2.75) is 0 Å². The highest BCUT2D eigenvalue weighted by molar-refractivity contribution is 5.92. The third kappa shape index (κ3) is 3.75. The number of rotatable bonds is 5. The Hall–Kier alpha value is -3.40. The predicted octanol–water partition coefficient (Wildman–Crippen LogP) is 4.39. The van der Waals surface area contributed by atoms with Crippen LogP contribution in [0.3, 0.4) is 0 Å². The van der Waals surface area contributed by atoms with Crippen molar-refractivity contribution in [2.24, 2.45) is 0 Å². The van der Waals surface area contributed by atoms with E-state index >= 15 is 0 Å². The first-order valence-corrected chi connectivity index (χ1v) is 7.72. The summed E-state index contributed by atoms with van der Waals surface area (Å²) in [5.41, 5.74) is 2.98. The Kier molecular flexibility index (Phi) is 4.90. The zero-order valence-corrected chi connectivity index (χ0v) is 13.6. The van der Waals surface area contributed by atoms with E-state index in [-0.39, 0.29) is 5.75 Å². The van der Waals surface area contributed by atoms with E-state index in [0.29, 0.717) is 23.2 Å². The van der Waals surface area contributed by atoms with Crippen molar-refractivity contribution >= 4 is 12.3 Å². The molecular formula is C21H16O4. The molecule has 0 aliphatic carbocycles. The number of carbonyl (C=O) groups excluding carboxylic acids is 2. The van der Waals surface area contributed by atoms with Crippen LogP contribution in [-0.2, 0) is 0 Å². The first kappa shape index (κ1) is 16.5. The summed E-state index contributed by atoms with van der Waals surface area (Å²) >= 11 is 0. The van der Waals surface area contributed by atoms with Crippen LogP contribution in [0.15, 0.2) is 72.8 Å². The number of methoxy groups -OCH3 is 1. The van der Waals surface area contributed by atoms with Gasteiger partial charge in [-0.05, 0) is 41.5 Å². The fourth-order valence-corrected chi connectivity index (χ4v) is 2.43. The van der Waals surface area contributed by atoms with Gasteiger partial charge in [0.25, 0.3) is 0 Å². The van der Waals surface area contributed by atoms with Gasteiger partial charge in [-0.2, -0.15) is 0 Å². The average molecular weight is 332 g/mol. The predicted molar refractivity (Wildman–Crippen MR) is 95.2 cm³/mol. The number of hydrogen-bond acceptors (Lipinski definition) is 4. The largest absolute Gasteiger partial charge is 0.493 e. The molecule has 124 valence electrons. The smallest absolute Gasteiger partial charge is 0.343 e. The van der Waals surface area contributed by atoms with E-state index < -0.39 is 5.97 Å². The quantitative estimate of drug-likeness (QED) is 0.395. The third-order valence-corrected chi connectivity index (χ3v) is 3.75. The molecule has 0 atom stereocenters. The van der Waals surface area contributed by atoms with Gasteiger partial charge in [-0.1, -0.05) is 42.5 Å². The lowest BCUT2D eigenvalue weighted by atomic mass is 10.0. The fourth-order valence-electron chi connectivity index (χ4n) is 2.43. The van der Waals surface area contributed by atoms with Crippen molar-refractivity contribution in [3.05, 3.63) is 83.9 Å². The highest BCUT2D eigenvalue weighted by Gasteiger charge is 2.13. The molecule has 25 heavy (non-hydrogen) atoms. The van der Waals surface area contributed by atoms with Gasteiger partial charge in [-0.15, -0.1) is 0 Å². The van der Waals surface area contributed by atoms with Crippen LogP contribution in [0.25, 0.3) is 11.1 Å². The van der Waals surface area contributed by atoms with Crippen molar-refractivity contribution in [1.29, 1.82) is 0 Å². The molecule has 0 aliphatic heterocycles. The second-order valence-corrected chi connectivity index (χ2v) is 5.36. The third-order valence-electron chi connectivity index (χ3n) is 3.75. The van der Waals surface area contributed by atoms with Gasteiger partial charge in [0.05, 0.1) is 12.7 Å². The van der Waals surface area contributed by atoms with Crippen LogP contribution < -0.4 is 9.47 Å². The van der Waals surface area contributed by atoms with Gasteiger partial charge in [-0.3, -0.25) is 4.79 Å². The van der Waals surface area contributed by atoms with Gasteiger partial charge >= 0.3 is 5.97 Å². The fraction of sp³-hybridized carbons (Fsp3) is 0.0476. The van der Waals surface area contributed by atoms with Gasteiger partial charge in [0, 0.05) is 5.56 Å². The van der Waals surface area contributed by atoms with E-state index in [2.05, 4.69) is 0 Å². The molecular weight excluding hydrogens is 316 g/mol. The molecule has 0 saturated carbocycles. The molecule has 0 radical (unpaired) electrons. The van der Waals surface area contributed by atoms with Crippen LogP contribution >= 0.6 is 0 Å². The number of benzene rings is 3. The van der Waals surface area contributed by atoms with Crippen molar-refractivity contribution in [3.8, 4) is 22.6 Å².